The van der Waals surface area contributed by atoms with Crippen LogP contribution in [0.5, 0.6) is 0 Å². The van der Waals surface area contributed by atoms with Crippen molar-refractivity contribution in [2.24, 2.45) is 0 Å². The average molecular weight is 483 g/mol. The second kappa shape index (κ2) is 8.88. The highest BCUT2D eigenvalue weighted by Crippen LogP contribution is 2.29. The molecule has 2 heterocycles. The number of benzene rings is 2. The summed E-state index contributed by atoms with van der Waals surface area (Å²) in [5, 5.41) is 4.04. The van der Waals surface area contributed by atoms with Gasteiger partial charge in [-0.25, -0.2) is 8.42 Å². The predicted octanol–water partition coefficient (Wildman–Crippen LogP) is 2.83. The van der Waals surface area contributed by atoms with Crippen LogP contribution in [-0.4, -0.2) is 65.9 Å². The van der Waals surface area contributed by atoms with Crippen LogP contribution in [0.1, 0.15) is 23.6 Å². The molecule has 2 amide bonds. The first kappa shape index (κ1) is 24.0. The number of amides is 2. The number of fused-ring (bicyclic) bond motifs is 1. The zero-order valence-electron chi connectivity index (χ0n) is 19.9. The zero-order chi connectivity index (χ0) is 24.7. The number of hydrogen-bond acceptors (Lipinski definition) is 4. The summed E-state index contributed by atoms with van der Waals surface area (Å²) >= 11 is 0. The van der Waals surface area contributed by atoms with Gasteiger partial charge in [-0.05, 0) is 49.9 Å². The molecule has 9 heteroatoms. The number of sulfonamides is 1. The monoisotopic (exact) mass is 482 g/mol. The van der Waals surface area contributed by atoms with E-state index in [2.05, 4.69) is 10.3 Å². The van der Waals surface area contributed by atoms with Crippen LogP contribution in [0.4, 0.5) is 5.69 Å². The summed E-state index contributed by atoms with van der Waals surface area (Å²) in [7, 11) is -3.66. The fourth-order valence-corrected chi connectivity index (χ4v) is 5.46. The van der Waals surface area contributed by atoms with E-state index in [0.717, 1.165) is 38.2 Å². The normalized spacial score (nSPS) is 19.5. The van der Waals surface area contributed by atoms with E-state index >= 15 is 0 Å². The summed E-state index contributed by atoms with van der Waals surface area (Å²) in [5.41, 5.74) is 3.12. The van der Waals surface area contributed by atoms with E-state index < -0.39 is 27.4 Å². The number of carbonyl (C=O) groups excluding carboxylic acids is 2. The van der Waals surface area contributed by atoms with Crippen molar-refractivity contribution in [2.45, 2.75) is 32.7 Å². The fraction of sp³-hybridized carbons (Fsp3) is 0.360. The van der Waals surface area contributed by atoms with Crippen molar-refractivity contribution in [1.29, 1.82) is 0 Å². The van der Waals surface area contributed by atoms with E-state index in [1.54, 1.807) is 6.92 Å². The Morgan fingerprint density at radius 2 is 1.79 bits per heavy atom. The van der Waals surface area contributed by atoms with Gasteiger partial charge in [-0.2, -0.15) is 4.31 Å². The Kier molecular flexibility index (Phi) is 6.26. The molecule has 2 aromatic carbocycles. The van der Waals surface area contributed by atoms with Crippen LogP contribution in [0.2, 0.25) is 0 Å². The highest BCUT2D eigenvalue weighted by molar-refractivity contribution is 7.88. The van der Waals surface area contributed by atoms with Crippen molar-refractivity contribution in [3.05, 3.63) is 65.4 Å². The van der Waals surface area contributed by atoms with Crippen LogP contribution in [0, 0.1) is 13.8 Å². The Bertz CT molecular complexity index is 1340. The zero-order valence-corrected chi connectivity index (χ0v) is 20.7. The molecule has 1 saturated heterocycles. The van der Waals surface area contributed by atoms with Crippen LogP contribution < -0.4 is 5.32 Å². The number of anilines is 1. The maximum Gasteiger partial charge on any atom is 0.251 e. The average Bonchev–Trinajstić information content (AvgIpc) is 3.18. The minimum Gasteiger partial charge on any atom is -0.361 e. The molecule has 0 aliphatic carbocycles. The number of aromatic nitrogens is 1. The molecule has 1 fully saturated rings. The van der Waals surface area contributed by atoms with Crippen molar-refractivity contribution < 1.29 is 18.0 Å². The van der Waals surface area contributed by atoms with Crippen molar-refractivity contribution in [2.75, 3.05) is 31.2 Å². The van der Waals surface area contributed by atoms with Gasteiger partial charge in [-0.15, -0.1) is 0 Å². The van der Waals surface area contributed by atoms with Crippen molar-refractivity contribution in [3.63, 3.8) is 0 Å². The van der Waals surface area contributed by atoms with E-state index in [-0.39, 0.29) is 19.6 Å². The standard InChI is InChI=1S/C25H30N4O4S/c1-17-8-7-9-18(2)23(17)27-24(31)25(3)16-28(34(4,32)33)15-22(30)29(25)13-12-19-14-26-21-11-6-5-10-20(19)21/h5-11,14,26H,12-13,15-16H2,1-4H3,(H,27,31). The van der Waals surface area contributed by atoms with Gasteiger partial charge in [0.15, 0.2) is 0 Å². The molecule has 1 aliphatic rings. The molecule has 8 nitrogen and oxygen atoms in total. The third-order valence-electron chi connectivity index (χ3n) is 6.65. The lowest BCUT2D eigenvalue weighted by atomic mass is 9.94. The van der Waals surface area contributed by atoms with E-state index in [1.165, 1.54) is 4.90 Å². The Morgan fingerprint density at radius 3 is 2.47 bits per heavy atom. The van der Waals surface area contributed by atoms with Gasteiger partial charge >= 0.3 is 0 Å². The van der Waals surface area contributed by atoms with E-state index in [1.807, 2.05) is 62.5 Å². The molecule has 3 aromatic rings. The number of hydrogen-bond donors (Lipinski definition) is 2. The lowest BCUT2D eigenvalue weighted by molar-refractivity contribution is -0.150. The van der Waals surface area contributed by atoms with Crippen LogP contribution in [-0.2, 0) is 26.0 Å². The first-order valence-electron chi connectivity index (χ1n) is 11.2. The molecule has 0 saturated carbocycles. The molecule has 2 N–H and O–H groups in total. The van der Waals surface area contributed by atoms with Crippen LogP contribution in [0.25, 0.3) is 10.9 Å². The molecular formula is C25H30N4O4S. The number of para-hydroxylation sites is 2. The van der Waals surface area contributed by atoms with Crippen LogP contribution in [0.15, 0.2) is 48.7 Å². The first-order chi connectivity index (χ1) is 16.0. The maximum absolute atomic E-state index is 13.7. The molecule has 0 bridgehead atoms. The number of piperazine rings is 1. The third-order valence-corrected chi connectivity index (χ3v) is 7.85. The van der Waals surface area contributed by atoms with Gasteiger partial charge in [-0.1, -0.05) is 36.4 Å². The van der Waals surface area contributed by atoms with Crippen LogP contribution in [0.3, 0.4) is 0 Å². The highest BCUT2D eigenvalue weighted by atomic mass is 32.2. The van der Waals surface area contributed by atoms with Gasteiger partial charge < -0.3 is 15.2 Å². The lowest BCUT2D eigenvalue weighted by Gasteiger charge is -2.46. The quantitative estimate of drug-likeness (QED) is 0.564. The number of aryl methyl sites for hydroxylation is 2. The Labute approximate surface area is 200 Å². The topological polar surface area (TPSA) is 103 Å². The lowest BCUT2D eigenvalue weighted by Crippen LogP contribution is -2.69. The van der Waals surface area contributed by atoms with Gasteiger partial charge in [0.25, 0.3) is 5.91 Å². The minimum absolute atomic E-state index is 0.109. The number of nitrogens with zero attached hydrogens (tertiary/aromatic N) is 2. The summed E-state index contributed by atoms with van der Waals surface area (Å²) in [5.74, 6) is -0.804. The van der Waals surface area contributed by atoms with Gasteiger partial charge in [-0.3, -0.25) is 9.59 Å². The van der Waals surface area contributed by atoms with Crippen LogP contribution >= 0.6 is 0 Å². The SMILES string of the molecule is Cc1cccc(C)c1NC(=O)C1(C)CN(S(C)(=O)=O)CC(=O)N1CCc1c[nH]c2ccccc12. The molecule has 4 rings (SSSR count). The first-order valence-corrected chi connectivity index (χ1v) is 13.0. The second-order valence-electron chi connectivity index (χ2n) is 9.18. The van der Waals surface area contributed by atoms with Gasteiger partial charge in [0.1, 0.15) is 5.54 Å². The second-order valence-corrected chi connectivity index (χ2v) is 11.2. The molecule has 1 unspecified atom stereocenters. The van der Waals surface area contributed by atoms with E-state index in [4.69, 9.17) is 0 Å². The van der Waals surface area contributed by atoms with Gasteiger partial charge in [0.05, 0.1) is 12.8 Å². The third kappa shape index (κ3) is 4.45. The molecule has 1 aromatic heterocycles. The highest BCUT2D eigenvalue weighted by Gasteiger charge is 2.49. The summed E-state index contributed by atoms with van der Waals surface area (Å²) in [6, 6.07) is 13.6. The molecule has 0 spiro atoms. The molecule has 180 valence electrons. The Balaban J connectivity index is 1.66. The summed E-state index contributed by atoms with van der Waals surface area (Å²) in [6.45, 7) is 5.33. The number of rotatable bonds is 6. The molecule has 34 heavy (non-hydrogen) atoms. The fourth-order valence-electron chi connectivity index (χ4n) is 4.63. The molecule has 0 radical (unpaired) electrons. The summed E-state index contributed by atoms with van der Waals surface area (Å²) < 4.78 is 25.7. The predicted molar refractivity (Wildman–Crippen MR) is 133 cm³/mol. The Hall–Kier alpha value is -3.17. The number of carbonyl (C=O) groups is 2. The number of nitrogens with one attached hydrogen (secondary N) is 2. The largest absolute Gasteiger partial charge is 0.361 e. The van der Waals surface area contributed by atoms with E-state index in [0.29, 0.717) is 12.1 Å². The summed E-state index contributed by atoms with van der Waals surface area (Å²) in [6.07, 6.45) is 3.50. The van der Waals surface area contributed by atoms with Gasteiger partial charge in [0, 0.05) is 35.9 Å². The van der Waals surface area contributed by atoms with Crippen molar-refractivity contribution in [3.8, 4) is 0 Å². The Morgan fingerprint density at radius 1 is 1.12 bits per heavy atom. The molecule has 1 aliphatic heterocycles. The maximum atomic E-state index is 13.7. The number of aromatic amines is 1. The molecule has 1 atom stereocenters. The minimum atomic E-state index is -3.66. The van der Waals surface area contributed by atoms with Crippen molar-refractivity contribution >= 4 is 38.4 Å². The molecular weight excluding hydrogens is 452 g/mol. The smallest absolute Gasteiger partial charge is 0.251 e. The summed E-state index contributed by atoms with van der Waals surface area (Å²) in [4.78, 5) is 31.6. The van der Waals surface area contributed by atoms with Gasteiger partial charge in [0.2, 0.25) is 15.9 Å². The van der Waals surface area contributed by atoms with E-state index in [9.17, 15) is 18.0 Å². The number of H-pyrrole nitrogens is 1. The van der Waals surface area contributed by atoms with Crippen molar-refractivity contribution in [1.82, 2.24) is 14.2 Å².